The van der Waals surface area contributed by atoms with Crippen molar-refractivity contribution in [3.8, 4) is 11.6 Å². The Labute approximate surface area is 125 Å². The first-order chi connectivity index (χ1) is 10.1. The molecule has 0 fully saturated rings. The third kappa shape index (κ3) is 2.68. The van der Waals surface area contributed by atoms with Crippen LogP contribution in [-0.4, -0.2) is 27.5 Å². The van der Waals surface area contributed by atoms with Crippen molar-refractivity contribution in [1.82, 2.24) is 9.78 Å². The summed E-state index contributed by atoms with van der Waals surface area (Å²) in [5.74, 6) is -0.760. The number of carboxylic acids is 1. The van der Waals surface area contributed by atoms with Gasteiger partial charge in [0.15, 0.2) is 6.61 Å². The summed E-state index contributed by atoms with van der Waals surface area (Å²) in [6.07, 6.45) is 0. The van der Waals surface area contributed by atoms with Crippen LogP contribution in [0.2, 0.25) is 5.02 Å². The van der Waals surface area contributed by atoms with Crippen molar-refractivity contribution in [2.45, 2.75) is 0 Å². The van der Waals surface area contributed by atoms with Gasteiger partial charge in [-0.3, -0.25) is 0 Å². The molecule has 0 unspecified atom stereocenters. The molecule has 0 aliphatic heterocycles. The van der Waals surface area contributed by atoms with Gasteiger partial charge in [0.05, 0.1) is 16.6 Å². The Kier molecular flexibility index (Phi) is 3.50. The topological polar surface area (TPSA) is 64.3 Å². The molecule has 0 atom stereocenters. The normalized spacial score (nSPS) is 10.7. The van der Waals surface area contributed by atoms with Crippen LogP contribution in [0, 0.1) is 0 Å². The average molecular weight is 303 g/mol. The molecule has 21 heavy (non-hydrogen) atoms. The molecule has 3 aromatic rings. The summed E-state index contributed by atoms with van der Waals surface area (Å²) in [5, 5.41) is 14.4. The highest BCUT2D eigenvalue weighted by atomic mass is 35.5. The number of aromatic nitrogens is 2. The molecule has 0 radical (unpaired) electrons. The van der Waals surface area contributed by atoms with Crippen LogP contribution in [0.1, 0.15) is 0 Å². The van der Waals surface area contributed by atoms with Gasteiger partial charge in [0.1, 0.15) is 0 Å². The zero-order chi connectivity index (χ0) is 14.8. The average Bonchev–Trinajstić information content (AvgIpc) is 2.84. The number of nitrogens with zero attached hydrogens (tertiary/aromatic N) is 2. The monoisotopic (exact) mass is 302 g/mol. The van der Waals surface area contributed by atoms with Gasteiger partial charge >= 0.3 is 5.97 Å². The van der Waals surface area contributed by atoms with Gasteiger partial charge in [-0.1, -0.05) is 29.8 Å². The second kappa shape index (κ2) is 5.46. The Balaban J connectivity index is 2.13. The highest BCUT2D eigenvalue weighted by Gasteiger charge is 2.13. The molecule has 5 nitrogen and oxygen atoms in total. The molecule has 0 saturated carbocycles. The van der Waals surface area contributed by atoms with Crippen LogP contribution in [0.25, 0.3) is 16.6 Å². The molecular formula is C15H11ClN2O3. The lowest BCUT2D eigenvalue weighted by atomic mass is 10.2. The quantitative estimate of drug-likeness (QED) is 0.804. The van der Waals surface area contributed by atoms with E-state index in [9.17, 15) is 4.79 Å². The van der Waals surface area contributed by atoms with Crippen molar-refractivity contribution < 1.29 is 14.6 Å². The molecule has 106 valence electrons. The molecule has 0 aliphatic carbocycles. The van der Waals surface area contributed by atoms with Crippen LogP contribution in [0.5, 0.6) is 5.88 Å². The molecule has 0 amide bonds. The lowest BCUT2D eigenvalue weighted by Gasteiger charge is -2.03. The summed E-state index contributed by atoms with van der Waals surface area (Å²) in [5.41, 5.74) is 1.60. The van der Waals surface area contributed by atoms with E-state index in [-0.39, 0.29) is 5.88 Å². The lowest BCUT2D eigenvalue weighted by molar-refractivity contribution is -0.139. The van der Waals surface area contributed by atoms with Crippen molar-refractivity contribution in [2.24, 2.45) is 0 Å². The number of hydrogen-bond donors (Lipinski definition) is 1. The van der Waals surface area contributed by atoms with E-state index in [4.69, 9.17) is 21.4 Å². The van der Waals surface area contributed by atoms with E-state index in [0.717, 1.165) is 16.6 Å². The summed E-state index contributed by atoms with van der Waals surface area (Å²) >= 11 is 6.01. The number of hydrogen-bond acceptors (Lipinski definition) is 3. The summed E-state index contributed by atoms with van der Waals surface area (Å²) in [6, 6.07) is 14.7. The Morgan fingerprint density at radius 2 is 2.05 bits per heavy atom. The minimum absolute atomic E-state index is 0.285. The number of halogens is 1. The highest BCUT2D eigenvalue weighted by molar-refractivity contribution is 6.30. The molecule has 0 saturated heterocycles. The van der Waals surface area contributed by atoms with Crippen LogP contribution in [0.4, 0.5) is 0 Å². The van der Waals surface area contributed by atoms with Gasteiger partial charge in [0.2, 0.25) is 5.88 Å². The predicted octanol–water partition coefficient (Wildman–Crippen LogP) is 3.14. The fraction of sp³-hybridized carbons (Fsp3) is 0.0667. The van der Waals surface area contributed by atoms with Gasteiger partial charge in [-0.15, -0.1) is 5.10 Å². The number of carbonyl (C=O) groups is 1. The maximum absolute atomic E-state index is 10.7. The zero-order valence-corrected chi connectivity index (χ0v) is 11.6. The first-order valence-corrected chi connectivity index (χ1v) is 6.61. The van der Waals surface area contributed by atoms with E-state index in [0.29, 0.717) is 5.02 Å². The highest BCUT2D eigenvalue weighted by Crippen LogP contribution is 2.28. The van der Waals surface area contributed by atoms with Crippen LogP contribution in [-0.2, 0) is 4.79 Å². The van der Waals surface area contributed by atoms with Gasteiger partial charge in [0.25, 0.3) is 0 Å². The standard InChI is InChI=1S/C15H11ClN2O3/c16-10-4-3-5-11(8-10)18-13-7-2-1-6-12(13)15(17-18)21-9-14(19)20/h1-8H,9H2,(H,19,20). The van der Waals surface area contributed by atoms with Crippen molar-refractivity contribution in [2.75, 3.05) is 6.61 Å². The second-order valence-electron chi connectivity index (χ2n) is 4.40. The van der Waals surface area contributed by atoms with Crippen LogP contribution in [0.15, 0.2) is 48.5 Å². The van der Waals surface area contributed by atoms with E-state index in [1.54, 1.807) is 16.8 Å². The van der Waals surface area contributed by atoms with Crippen molar-refractivity contribution in [3.63, 3.8) is 0 Å². The van der Waals surface area contributed by atoms with E-state index >= 15 is 0 Å². The van der Waals surface area contributed by atoms with E-state index in [1.165, 1.54) is 0 Å². The Morgan fingerprint density at radius 1 is 1.24 bits per heavy atom. The van der Waals surface area contributed by atoms with Crippen LogP contribution < -0.4 is 4.74 Å². The first kappa shape index (κ1) is 13.5. The number of fused-ring (bicyclic) bond motifs is 1. The maximum Gasteiger partial charge on any atom is 0.341 e. The second-order valence-corrected chi connectivity index (χ2v) is 4.83. The fourth-order valence-electron chi connectivity index (χ4n) is 2.08. The SMILES string of the molecule is O=C(O)COc1nn(-c2cccc(Cl)c2)c2ccccc12. The Bertz CT molecular complexity index is 814. The van der Waals surface area contributed by atoms with Crippen molar-refractivity contribution >= 4 is 28.5 Å². The zero-order valence-electron chi connectivity index (χ0n) is 10.9. The molecular weight excluding hydrogens is 292 g/mol. The lowest BCUT2D eigenvalue weighted by Crippen LogP contribution is -2.10. The Morgan fingerprint density at radius 3 is 2.81 bits per heavy atom. The molecule has 0 bridgehead atoms. The molecule has 1 N–H and O–H groups in total. The van der Waals surface area contributed by atoms with Gasteiger partial charge in [-0.2, -0.15) is 0 Å². The molecule has 0 spiro atoms. The van der Waals surface area contributed by atoms with Gasteiger partial charge in [-0.25, -0.2) is 9.48 Å². The summed E-state index contributed by atoms with van der Waals surface area (Å²) in [4.78, 5) is 10.7. The van der Waals surface area contributed by atoms with Gasteiger partial charge in [0, 0.05) is 5.02 Å². The van der Waals surface area contributed by atoms with Crippen LogP contribution >= 0.6 is 11.6 Å². The minimum Gasteiger partial charge on any atom is -0.479 e. The Hall–Kier alpha value is -2.53. The third-order valence-corrected chi connectivity index (χ3v) is 3.17. The fourth-order valence-corrected chi connectivity index (χ4v) is 2.26. The van der Waals surface area contributed by atoms with Gasteiger partial charge in [-0.05, 0) is 30.3 Å². The van der Waals surface area contributed by atoms with E-state index in [1.807, 2.05) is 36.4 Å². The molecule has 2 aromatic carbocycles. The van der Waals surface area contributed by atoms with Gasteiger partial charge < -0.3 is 9.84 Å². The largest absolute Gasteiger partial charge is 0.479 e. The summed E-state index contributed by atoms with van der Waals surface area (Å²) in [6.45, 7) is -0.434. The van der Waals surface area contributed by atoms with Crippen LogP contribution in [0.3, 0.4) is 0 Å². The first-order valence-electron chi connectivity index (χ1n) is 6.23. The number of rotatable bonds is 4. The molecule has 1 heterocycles. The number of benzene rings is 2. The molecule has 6 heteroatoms. The molecule has 3 rings (SSSR count). The predicted molar refractivity (Wildman–Crippen MR) is 79.2 cm³/mol. The molecule has 1 aromatic heterocycles. The summed E-state index contributed by atoms with van der Waals surface area (Å²) in [7, 11) is 0. The number of para-hydroxylation sites is 1. The number of aliphatic carboxylic acids is 1. The minimum atomic E-state index is -1.05. The maximum atomic E-state index is 10.7. The summed E-state index contributed by atoms with van der Waals surface area (Å²) < 4.78 is 6.93. The number of carboxylic acid groups (broad SMARTS) is 1. The third-order valence-electron chi connectivity index (χ3n) is 2.94. The van der Waals surface area contributed by atoms with Crippen molar-refractivity contribution in [3.05, 3.63) is 53.6 Å². The number of ether oxygens (including phenoxy) is 1. The van der Waals surface area contributed by atoms with E-state index < -0.39 is 12.6 Å². The molecule has 0 aliphatic rings. The van der Waals surface area contributed by atoms with E-state index in [2.05, 4.69) is 5.10 Å². The van der Waals surface area contributed by atoms with Crippen molar-refractivity contribution in [1.29, 1.82) is 0 Å². The smallest absolute Gasteiger partial charge is 0.341 e.